The quantitative estimate of drug-likeness (QED) is 0.271. The average molecular weight is 326 g/mol. The molecule has 0 saturated heterocycles. The van der Waals surface area contributed by atoms with E-state index in [1.807, 2.05) is 0 Å². The molecular formula is C12H23IO2. The highest BCUT2D eigenvalue weighted by molar-refractivity contribution is 14.1. The Labute approximate surface area is 107 Å². The van der Waals surface area contributed by atoms with E-state index in [9.17, 15) is 4.79 Å². The molecule has 0 aromatic heterocycles. The smallest absolute Gasteiger partial charge is 0.303 e. The molecule has 0 bridgehead atoms. The fourth-order valence-electron chi connectivity index (χ4n) is 1.50. The highest BCUT2D eigenvalue weighted by Gasteiger charge is 2.05. The molecule has 0 saturated carbocycles. The van der Waals surface area contributed by atoms with Crippen LogP contribution in [0.1, 0.15) is 65.2 Å². The summed E-state index contributed by atoms with van der Waals surface area (Å²) in [6.07, 6.45) is 10.2. The summed E-state index contributed by atoms with van der Waals surface area (Å²) in [6.45, 7) is 3.70. The van der Waals surface area contributed by atoms with Crippen molar-refractivity contribution in [1.29, 1.82) is 0 Å². The van der Waals surface area contributed by atoms with Crippen molar-refractivity contribution >= 4 is 28.6 Å². The zero-order chi connectivity index (χ0) is 11.5. The lowest BCUT2D eigenvalue weighted by molar-refractivity contribution is -0.141. The molecule has 0 amide bonds. The standard InChI is InChI=1S/C12H23IO2/c1-3-4-5-6-7-8-9-10-12(13)15-11(2)14/h12H,3-10H2,1-2H3. The second-order valence-electron chi connectivity index (χ2n) is 3.93. The summed E-state index contributed by atoms with van der Waals surface area (Å²) in [7, 11) is 0. The van der Waals surface area contributed by atoms with Crippen molar-refractivity contribution in [2.45, 2.75) is 69.3 Å². The lowest BCUT2D eigenvalue weighted by atomic mass is 10.1. The van der Waals surface area contributed by atoms with Gasteiger partial charge in [-0.2, -0.15) is 0 Å². The van der Waals surface area contributed by atoms with Gasteiger partial charge in [-0.3, -0.25) is 4.79 Å². The topological polar surface area (TPSA) is 26.3 Å². The van der Waals surface area contributed by atoms with Gasteiger partial charge in [-0.15, -0.1) is 0 Å². The molecule has 0 spiro atoms. The largest absolute Gasteiger partial charge is 0.452 e. The minimum Gasteiger partial charge on any atom is -0.452 e. The third-order valence-corrected chi connectivity index (χ3v) is 3.21. The van der Waals surface area contributed by atoms with Crippen LogP contribution in [-0.4, -0.2) is 10.1 Å². The van der Waals surface area contributed by atoms with E-state index < -0.39 is 0 Å². The first-order chi connectivity index (χ1) is 7.16. The lowest BCUT2D eigenvalue weighted by Crippen LogP contribution is -2.08. The van der Waals surface area contributed by atoms with Crippen molar-refractivity contribution in [1.82, 2.24) is 0 Å². The summed E-state index contributed by atoms with van der Waals surface area (Å²) in [5.74, 6) is -0.169. The molecule has 0 fully saturated rings. The maximum absolute atomic E-state index is 10.6. The maximum atomic E-state index is 10.6. The molecule has 0 aromatic carbocycles. The van der Waals surface area contributed by atoms with Gasteiger partial charge in [-0.25, -0.2) is 0 Å². The van der Waals surface area contributed by atoms with Gasteiger partial charge >= 0.3 is 5.97 Å². The molecule has 0 radical (unpaired) electrons. The number of ether oxygens (including phenoxy) is 1. The second kappa shape index (κ2) is 10.7. The van der Waals surface area contributed by atoms with Crippen LogP contribution in [0.4, 0.5) is 0 Å². The third-order valence-electron chi connectivity index (χ3n) is 2.33. The molecular weight excluding hydrogens is 303 g/mol. The number of carbonyl (C=O) groups is 1. The first kappa shape index (κ1) is 15.2. The van der Waals surface area contributed by atoms with Crippen LogP contribution in [0.5, 0.6) is 0 Å². The minimum absolute atomic E-state index is 0.0655. The first-order valence-corrected chi connectivity index (χ1v) is 7.22. The summed E-state index contributed by atoms with van der Waals surface area (Å²) >= 11 is 2.19. The fraction of sp³-hybridized carbons (Fsp3) is 0.917. The van der Waals surface area contributed by atoms with Crippen molar-refractivity contribution in [3.05, 3.63) is 0 Å². The molecule has 2 nitrogen and oxygen atoms in total. The number of hydrogen-bond donors (Lipinski definition) is 0. The first-order valence-electron chi connectivity index (χ1n) is 5.98. The number of esters is 1. The average Bonchev–Trinajstić information content (AvgIpc) is 2.15. The highest BCUT2D eigenvalue weighted by atomic mass is 127. The molecule has 1 unspecified atom stereocenters. The van der Waals surface area contributed by atoms with Gasteiger partial charge in [0.15, 0.2) is 4.11 Å². The Morgan fingerprint density at radius 1 is 1.13 bits per heavy atom. The van der Waals surface area contributed by atoms with Crippen molar-refractivity contribution < 1.29 is 9.53 Å². The van der Waals surface area contributed by atoms with Crippen LogP contribution in [0.2, 0.25) is 0 Å². The lowest BCUT2D eigenvalue weighted by Gasteiger charge is -2.09. The number of halogens is 1. The molecule has 0 aliphatic carbocycles. The molecule has 15 heavy (non-hydrogen) atoms. The number of rotatable bonds is 9. The van der Waals surface area contributed by atoms with Crippen molar-refractivity contribution in [2.75, 3.05) is 0 Å². The van der Waals surface area contributed by atoms with Crippen LogP contribution < -0.4 is 0 Å². The SMILES string of the molecule is CCCCCCCCCC(I)OC(C)=O. The van der Waals surface area contributed by atoms with Crippen molar-refractivity contribution in [3.63, 3.8) is 0 Å². The Bertz CT molecular complexity index is 160. The van der Waals surface area contributed by atoms with Gasteiger partial charge in [0, 0.05) is 6.92 Å². The van der Waals surface area contributed by atoms with E-state index in [1.165, 1.54) is 51.9 Å². The molecule has 0 aliphatic heterocycles. The number of hydrogen-bond acceptors (Lipinski definition) is 2. The van der Waals surface area contributed by atoms with Gasteiger partial charge in [0.25, 0.3) is 0 Å². The summed E-state index contributed by atoms with van der Waals surface area (Å²) in [4.78, 5) is 10.6. The normalized spacial score (nSPS) is 12.5. The summed E-state index contributed by atoms with van der Waals surface area (Å²) in [5, 5.41) is 0. The van der Waals surface area contributed by atoms with E-state index >= 15 is 0 Å². The van der Waals surface area contributed by atoms with Gasteiger partial charge in [0.1, 0.15) is 0 Å². The van der Waals surface area contributed by atoms with Crippen LogP contribution >= 0.6 is 22.6 Å². The van der Waals surface area contributed by atoms with Crippen LogP contribution in [0.3, 0.4) is 0 Å². The van der Waals surface area contributed by atoms with Crippen LogP contribution in [0, 0.1) is 0 Å². The summed E-state index contributed by atoms with van der Waals surface area (Å²) < 4.78 is 5.11. The third kappa shape index (κ3) is 12.1. The second-order valence-corrected chi connectivity index (χ2v) is 5.32. The Hall–Kier alpha value is 0.200. The number of carbonyl (C=O) groups excluding carboxylic acids is 1. The molecule has 1 atom stereocenters. The molecule has 0 aromatic rings. The Kier molecular flexibility index (Phi) is 10.9. The molecule has 0 rings (SSSR count). The van der Waals surface area contributed by atoms with Gasteiger partial charge in [0.05, 0.1) is 0 Å². The molecule has 3 heteroatoms. The van der Waals surface area contributed by atoms with E-state index in [0.717, 1.165) is 6.42 Å². The van der Waals surface area contributed by atoms with E-state index in [4.69, 9.17) is 4.74 Å². The van der Waals surface area contributed by atoms with Crippen LogP contribution in [0.15, 0.2) is 0 Å². The number of alkyl halides is 1. The molecule has 0 heterocycles. The van der Waals surface area contributed by atoms with E-state index in [-0.39, 0.29) is 10.1 Å². The maximum Gasteiger partial charge on any atom is 0.303 e. The van der Waals surface area contributed by atoms with E-state index in [1.54, 1.807) is 0 Å². The minimum atomic E-state index is -0.169. The van der Waals surface area contributed by atoms with E-state index in [0.29, 0.717) is 0 Å². The van der Waals surface area contributed by atoms with Crippen molar-refractivity contribution in [3.8, 4) is 0 Å². The predicted octanol–water partition coefficient (Wildman–Crippen LogP) is 4.45. The van der Waals surface area contributed by atoms with Crippen LogP contribution in [-0.2, 0) is 9.53 Å². The van der Waals surface area contributed by atoms with Gasteiger partial charge in [-0.05, 0) is 35.4 Å². The Morgan fingerprint density at radius 3 is 2.20 bits per heavy atom. The van der Waals surface area contributed by atoms with Crippen molar-refractivity contribution in [2.24, 2.45) is 0 Å². The molecule has 90 valence electrons. The monoisotopic (exact) mass is 326 g/mol. The van der Waals surface area contributed by atoms with Gasteiger partial charge in [0.2, 0.25) is 0 Å². The van der Waals surface area contributed by atoms with Gasteiger partial charge < -0.3 is 4.74 Å². The zero-order valence-electron chi connectivity index (χ0n) is 9.93. The fourth-order valence-corrected chi connectivity index (χ4v) is 2.30. The van der Waals surface area contributed by atoms with Crippen LogP contribution in [0.25, 0.3) is 0 Å². The zero-order valence-corrected chi connectivity index (χ0v) is 12.1. The highest BCUT2D eigenvalue weighted by Crippen LogP contribution is 2.15. The van der Waals surface area contributed by atoms with E-state index in [2.05, 4.69) is 29.5 Å². The Morgan fingerprint density at radius 2 is 1.67 bits per heavy atom. The molecule has 0 aliphatic rings. The van der Waals surface area contributed by atoms with Gasteiger partial charge in [-0.1, -0.05) is 45.4 Å². The summed E-state index contributed by atoms with van der Waals surface area (Å²) in [5.41, 5.74) is 0. The number of unbranched alkanes of at least 4 members (excludes halogenated alkanes) is 6. The summed E-state index contributed by atoms with van der Waals surface area (Å²) in [6, 6.07) is 0. The predicted molar refractivity (Wildman–Crippen MR) is 72.2 cm³/mol. The molecule has 0 N–H and O–H groups in total. The Balaban J connectivity index is 3.13.